The second-order valence-corrected chi connectivity index (χ2v) is 13.5. The first-order chi connectivity index (χ1) is 16.8. The molecular weight excluding hydrogens is 492 g/mol. The van der Waals surface area contributed by atoms with E-state index in [0.717, 1.165) is 17.7 Å². The number of amides is 2. The monoisotopic (exact) mass is 523 g/mol. The predicted octanol–water partition coefficient (Wildman–Crippen LogP) is 3.11. The lowest BCUT2D eigenvalue weighted by molar-refractivity contribution is -0.142. The second kappa shape index (κ2) is 10.8. The number of likely N-dealkylation sites (N-methyl/N-ethyl adjacent to an activating group) is 1. The van der Waals surface area contributed by atoms with Crippen molar-refractivity contribution in [3.05, 3.63) is 53.1 Å². The van der Waals surface area contributed by atoms with Gasteiger partial charge in [-0.3, -0.25) is 19.3 Å². The van der Waals surface area contributed by atoms with Gasteiger partial charge in [-0.25, -0.2) is 18.8 Å². The molecule has 1 atom stereocenters. The van der Waals surface area contributed by atoms with Crippen LogP contribution in [0.4, 0.5) is 14.5 Å². The molecule has 0 saturated carbocycles. The molecule has 0 aliphatic carbocycles. The third-order valence-electron chi connectivity index (χ3n) is 5.84. The van der Waals surface area contributed by atoms with Crippen molar-refractivity contribution in [2.45, 2.75) is 17.4 Å². The Bertz CT molecular complexity index is 1160. The van der Waals surface area contributed by atoms with Crippen molar-refractivity contribution < 1.29 is 33.0 Å². The highest BCUT2D eigenvalue weighted by Crippen LogP contribution is 2.48. The molecule has 2 aromatic carbocycles. The number of carboxylic acids is 1. The SMILES string of the molecule is COc1ccc2c(c1)CCN(C(=O)CN(C)CC(=O)O)[C@H]2C(=O)Nc1cc(F)c(S(C)(C)C)c(F)c1. The largest absolute Gasteiger partial charge is 0.497 e. The van der Waals surface area contributed by atoms with Crippen LogP contribution in [0.3, 0.4) is 0 Å². The van der Waals surface area contributed by atoms with Gasteiger partial charge in [-0.15, -0.1) is 0 Å². The first kappa shape index (κ1) is 27.4. The Morgan fingerprint density at radius 1 is 1.14 bits per heavy atom. The van der Waals surface area contributed by atoms with E-state index in [4.69, 9.17) is 9.84 Å². The Balaban J connectivity index is 1.95. The summed E-state index contributed by atoms with van der Waals surface area (Å²) >= 11 is 0. The molecule has 0 aromatic heterocycles. The normalized spacial score (nSPS) is 15.9. The summed E-state index contributed by atoms with van der Waals surface area (Å²) in [6.45, 7) is -0.355. The summed E-state index contributed by atoms with van der Waals surface area (Å²) in [5.41, 5.74) is 1.31. The van der Waals surface area contributed by atoms with Crippen LogP contribution in [-0.2, 0) is 20.8 Å². The lowest BCUT2D eigenvalue weighted by Gasteiger charge is -2.37. The summed E-state index contributed by atoms with van der Waals surface area (Å²) < 4.78 is 34.8. The Labute approximate surface area is 210 Å². The lowest BCUT2D eigenvalue weighted by atomic mass is 9.91. The van der Waals surface area contributed by atoms with E-state index in [0.29, 0.717) is 17.7 Å². The van der Waals surface area contributed by atoms with E-state index in [-0.39, 0.29) is 30.2 Å². The molecule has 0 bridgehead atoms. The van der Waals surface area contributed by atoms with Crippen LogP contribution in [0.1, 0.15) is 17.2 Å². The summed E-state index contributed by atoms with van der Waals surface area (Å²) in [7, 11) is 1.33. The zero-order valence-corrected chi connectivity index (χ0v) is 21.7. The van der Waals surface area contributed by atoms with Gasteiger partial charge in [0.1, 0.15) is 23.4 Å². The van der Waals surface area contributed by atoms with E-state index in [1.165, 1.54) is 24.0 Å². The maximum atomic E-state index is 14.8. The highest BCUT2D eigenvalue weighted by atomic mass is 32.3. The molecule has 1 aliphatic heterocycles. The van der Waals surface area contributed by atoms with Crippen molar-refractivity contribution in [2.75, 3.05) is 57.9 Å². The number of methoxy groups -OCH3 is 1. The number of carbonyl (C=O) groups is 3. The van der Waals surface area contributed by atoms with Crippen LogP contribution < -0.4 is 10.1 Å². The summed E-state index contributed by atoms with van der Waals surface area (Å²) in [4.78, 5) is 40.3. The topological polar surface area (TPSA) is 99.2 Å². The maximum Gasteiger partial charge on any atom is 0.317 e. The number of anilines is 1. The van der Waals surface area contributed by atoms with Crippen molar-refractivity contribution in [2.24, 2.45) is 0 Å². The van der Waals surface area contributed by atoms with Crippen molar-refractivity contribution in [1.29, 1.82) is 0 Å². The van der Waals surface area contributed by atoms with Gasteiger partial charge in [0, 0.05) is 12.2 Å². The number of hydrogen-bond donors (Lipinski definition) is 2. The smallest absolute Gasteiger partial charge is 0.317 e. The molecule has 0 spiro atoms. The van der Waals surface area contributed by atoms with Gasteiger partial charge in [0.05, 0.1) is 25.1 Å². The molecule has 0 unspecified atom stereocenters. The summed E-state index contributed by atoms with van der Waals surface area (Å²) in [5.74, 6) is -3.05. The number of carboxylic acid groups (broad SMARTS) is 1. The third-order valence-corrected chi connectivity index (χ3v) is 7.45. The number of ether oxygens (including phenoxy) is 1. The minimum absolute atomic E-state index is 0.00567. The Morgan fingerprint density at radius 3 is 2.33 bits per heavy atom. The van der Waals surface area contributed by atoms with Gasteiger partial charge >= 0.3 is 5.97 Å². The van der Waals surface area contributed by atoms with Gasteiger partial charge < -0.3 is 20.1 Å². The van der Waals surface area contributed by atoms with Gasteiger partial charge in [0.15, 0.2) is 0 Å². The minimum atomic E-state index is -1.69. The highest BCUT2D eigenvalue weighted by molar-refractivity contribution is 8.32. The van der Waals surface area contributed by atoms with Gasteiger partial charge in [0.2, 0.25) is 5.91 Å². The molecule has 196 valence electrons. The van der Waals surface area contributed by atoms with Gasteiger partial charge in [-0.2, -0.15) is 0 Å². The Kier molecular flexibility index (Phi) is 8.25. The first-order valence-corrected chi connectivity index (χ1v) is 14.0. The molecule has 2 amide bonds. The van der Waals surface area contributed by atoms with Crippen molar-refractivity contribution in [3.8, 4) is 5.75 Å². The molecule has 36 heavy (non-hydrogen) atoms. The van der Waals surface area contributed by atoms with Gasteiger partial charge in [-0.1, -0.05) is 6.07 Å². The van der Waals surface area contributed by atoms with Crippen LogP contribution in [0.5, 0.6) is 5.75 Å². The number of nitrogens with one attached hydrogen (secondary N) is 1. The molecule has 8 nitrogen and oxygen atoms in total. The zero-order valence-electron chi connectivity index (χ0n) is 20.9. The standard InChI is InChI=1S/C25H31F2N3O5S/c1-29(14-22(32)33)13-21(31)30-9-8-15-10-17(35-2)6-7-18(15)23(30)25(34)28-16-11-19(26)24(20(27)12-16)36(3,4)5/h6-7,10-12,23H,8-9,13-14H2,1-5H3,(H,28,34)(H,32,33)/t23-/m1/s1. The van der Waals surface area contributed by atoms with Crippen LogP contribution in [0.2, 0.25) is 0 Å². The number of halogens is 2. The fourth-order valence-electron chi connectivity index (χ4n) is 4.32. The lowest BCUT2D eigenvalue weighted by Crippen LogP contribution is -2.48. The highest BCUT2D eigenvalue weighted by Gasteiger charge is 2.37. The minimum Gasteiger partial charge on any atom is -0.497 e. The average molecular weight is 524 g/mol. The van der Waals surface area contributed by atoms with Crippen LogP contribution in [-0.4, -0.2) is 85.2 Å². The molecule has 2 aromatic rings. The molecule has 1 heterocycles. The second-order valence-electron chi connectivity index (χ2n) is 9.47. The quantitative estimate of drug-likeness (QED) is 0.552. The van der Waals surface area contributed by atoms with E-state index in [1.807, 2.05) is 0 Å². The fourth-order valence-corrected chi connectivity index (χ4v) is 5.61. The zero-order chi connectivity index (χ0) is 26.8. The maximum absolute atomic E-state index is 14.8. The Hall–Kier alpha value is -3.18. The number of nitrogens with zero attached hydrogens (tertiary/aromatic N) is 2. The number of hydrogen-bond acceptors (Lipinski definition) is 5. The molecule has 1 aliphatic rings. The molecule has 0 saturated heterocycles. The van der Waals surface area contributed by atoms with Crippen LogP contribution in [0.15, 0.2) is 35.2 Å². The molecule has 0 fully saturated rings. The summed E-state index contributed by atoms with van der Waals surface area (Å²) in [6.07, 6.45) is 5.76. The van der Waals surface area contributed by atoms with E-state index in [2.05, 4.69) is 5.32 Å². The number of benzene rings is 2. The third kappa shape index (κ3) is 6.14. The summed E-state index contributed by atoms with van der Waals surface area (Å²) in [5, 5.41) is 11.6. The van der Waals surface area contributed by atoms with Crippen LogP contribution in [0.25, 0.3) is 0 Å². The van der Waals surface area contributed by atoms with Crippen LogP contribution >= 0.6 is 10.0 Å². The van der Waals surface area contributed by atoms with Crippen molar-refractivity contribution in [1.82, 2.24) is 9.80 Å². The van der Waals surface area contributed by atoms with Gasteiger partial charge in [0.25, 0.3) is 5.91 Å². The average Bonchev–Trinajstić information content (AvgIpc) is 2.75. The molecule has 3 rings (SSSR count). The Morgan fingerprint density at radius 2 is 1.78 bits per heavy atom. The summed E-state index contributed by atoms with van der Waals surface area (Å²) in [6, 6.07) is 6.23. The first-order valence-electron chi connectivity index (χ1n) is 11.2. The number of fused-ring (bicyclic) bond motifs is 1. The molecule has 11 heteroatoms. The van der Waals surface area contributed by atoms with E-state index < -0.39 is 45.5 Å². The van der Waals surface area contributed by atoms with E-state index in [9.17, 15) is 23.2 Å². The number of rotatable bonds is 8. The van der Waals surface area contributed by atoms with Gasteiger partial charge in [-0.05, 0) is 67.6 Å². The number of aliphatic carboxylic acids is 1. The van der Waals surface area contributed by atoms with Crippen molar-refractivity contribution >= 4 is 33.5 Å². The predicted molar refractivity (Wildman–Crippen MR) is 135 cm³/mol. The number of carbonyl (C=O) groups excluding carboxylic acids is 2. The van der Waals surface area contributed by atoms with E-state index >= 15 is 0 Å². The van der Waals surface area contributed by atoms with Crippen molar-refractivity contribution in [3.63, 3.8) is 0 Å². The molecular formula is C25H31F2N3O5S. The van der Waals surface area contributed by atoms with Crippen LogP contribution in [0, 0.1) is 11.6 Å². The fraction of sp³-hybridized carbons (Fsp3) is 0.400. The molecule has 0 radical (unpaired) electrons. The molecule has 2 N–H and O–H groups in total. The van der Waals surface area contributed by atoms with E-state index in [1.54, 1.807) is 37.0 Å².